The van der Waals surface area contributed by atoms with Crippen molar-refractivity contribution in [2.24, 2.45) is 0 Å². The molecule has 0 aliphatic heterocycles. The first-order chi connectivity index (χ1) is 8.74. The maximum absolute atomic E-state index is 11.4. The van der Waals surface area contributed by atoms with Gasteiger partial charge >= 0.3 is 6.03 Å². The third-order valence-corrected chi connectivity index (χ3v) is 2.31. The van der Waals surface area contributed by atoms with Crippen molar-refractivity contribution in [1.82, 2.24) is 10.5 Å². The molecule has 3 N–H and O–H groups in total. The molecular weight excluding hydrogens is 234 g/mol. The molecule has 1 heterocycles. The number of phenols is 1. The Morgan fingerprint density at radius 3 is 2.72 bits per heavy atom. The van der Waals surface area contributed by atoms with Crippen molar-refractivity contribution in [3.05, 3.63) is 42.2 Å². The van der Waals surface area contributed by atoms with E-state index in [1.807, 2.05) is 12.1 Å². The van der Waals surface area contributed by atoms with E-state index in [2.05, 4.69) is 20.3 Å². The second kappa shape index (κ2) is 5.72. The minimum atomic E-state index is -0.331. The number of hydrogen-bond acceptors (Lipinski definition) is 4. The fourth-order valence-corrected chi connectivity index (χ4v) is 1.42. The van der Waals surface area contributed by atoms with Gasteiger partial charge in [-0.1, -0.05) is 17.3 Å². The van der Waals surface area contributed by atoms with Crippen LogP contribution in [0, 0.1) is 0 Å². The molecule has 6 nitrogen and oxygen atoms in total. The van der Waals surface area contributed by atoms with Crippen molar-refractivity contribution >= 4 is 11.8 Å². The number of rotatable bonds is 4. The van der Waals surface area contributed by atoms with E-state index in [4.69, 9.17) is 5.11 Å². The summed E-state index contributed by atoms with van der Waals surface area (Å²) < 4.78 is 4.58. The predicted octanol–water partition coefficient (Wildman–Crippen LogP) is 1.74. The molecule has 0 aliphatic carbocycles. The van der Waals surface area contributed by atoms with Gasteiger partial charge in [-0.3, -0.25) is 5.32 Å². The van der Waals surface area contributed by atoms with E-state index >= 15 is 0 Å². The molecule has 0 atom stereocenters. The fraction of sp³-hybridized carbons (Fsp3) is 0.167. The number of aromatic nitrogens is 1. The van der Waals surface area contributed by atoms with E-state index in [0.717, 1.165) is 5.56 Å². The van der Waals surface area contributed by atoms with Crippen LogP contribution >= 0.6 is 0 Å². The molecule has 0 saturated heterocycles. The summed E-state index contributed by atoms with van der Waals surface area (Å²) in [6.07, 6.45) is 2.07. The van der Waals surface area contributed by atoms with Crippen molar-refractivity contribution in [3.8, 4) is 5.75 Å². The third kappa shape index (κ3) is 3.51. The van der Waals surface area contributed by atoms with Gasteiger partial charge in [0.1, 0.15) is 12.0 Å². The molecule has 0 fully saturated rings. The van der Waals surface area contributed by atoms with Crippen LogP contribution in [0.15, 0.2) is 41.1 Å². The summed E-state index contributed by atoms with van der Waals surface area (Å²) in [6.45, 7) is 0.495. The van der Waals surface area contributed by atoms with Crippen molar-refractivity contribution in [3.63, 3.8) is 0 Å². The van der Waals surface area contributed by atoms with E-state index < -0.39 is 0 Å². The lowest BCUT2D eigenvalue weighted by Crippen LogP contribution is -2.30. The van der Waals surface area contributed by atoms with Gasteiger partial charge in [0.15, 0.2) is 5.82 Å². The molecule has 0 aliphatic rings. The van der Waals surface area contributed by atoms with Gasteiger partial charge in [-0.2, -0.15) is 0 Å². The van der Waals surface area contributed by atoms with E-state index in [0.29, 0.717) is 18.8 Å². The number of carbonyl (C=O) groups is 1. The highest BCUT2D eigenvalue weighted by atomic mass is 16.5. The maximum Gasteiger partial charge on any atom is 0.320 e. The topological polar surface area (TPSA) is 87.4 Å². The van der Waals surface area contributed by atoms with Crippen LogP contribution in [0.4, 0.5) is 10.6 Å². The first kappa shape index (κ1) is 12.0. The van der Waals surface area contributed by atoms with Crippen LogP contribution in [-0.2, 0) is 6.42 Å². The quantitative estimate of drug-likeness (QED) is 0.768. The lowest BCUT2D eigenvalue weighted by Gasteiger charge is -2.05. The molecule has 2 aromatic rings. The Kier molecular flexibility index (Phi) is 3.80. The lowest BCUT2D eigenvalue weighted by atomic mass is 10.1. The van der Waals surface area contributed by atoms with E-state index in [-0.39, 0.29) is 11.8 Å². The SMILES string of the molecule is O=C(NCCc1ccc(O)cc1)Nc1ccon1. The fourth-order valence-electron chi connectivity index (χ4n) is 1.42. The number of aromatic hydroxyl groups is 1. The number of benzene rings is 1. The summed E-state index contributed by atoms with van der Waals surface area (Å²) in [6, 6.07) is 8.08. The number of nitrogens with zero attached hydrogens (tertiary/aromatic N) is 1. The molecule has 18 heavy (non-hydrogen) atoms. The number of carbonyl (C=O) groups excluding carboxylic acids is 1. The predicted molar refractivity (Wildman–Crippen MR) is 65.3 cm³/mol. The Bertz CT molecular complexity index is 494. The Morgan fingerprint density at radius 1 is 1.28 bits per heavy atom. The van der Waals surface area contributed by atoms with E-state index in [1.165, 1.54) is 6.26 Å². The van der Waals surface area contributed by atoms with E-state index in [1.54, 1.807) is 18.2 Å². The van der Waals surface area contributed by atoms with Crippen molar-refractivity contribution in [1.29, 1.82) is 0 Å². The Balaban J connectivity index is 1.72. The molecule has 2 amide bonds. The lowest BCUT2D eigenvalue weighted by molar-refractivity contribution is 0.252. The Hall–Kier alpha value is -2.50. The standard InChI is InChI=1S/C12H13N3O3/c16-10-3-1-9(2-4-10)5-7-13-12(17)14-11-6-8-18-15-11/h1-4,6,8,16H,5,7H2,(H2,13,14,15,17). The van der Waals surface area contributed by atoms with Crippen molar-refractivity contribution < 1.29 is 14.4 Å². The summed E-state index contributed by atoms with van der Waals surface area (Å²) in [7, 11) is 0. The monoisotopic (exact) mass is 247 g/mol. The molecule has 1 aromatic heterocycles. The number of hydrogen-bond donors (Lipinski definition) is 3. The Labute approximate surface area is 104 Å². The number of urea groups is 1. The number of anilines is 1. The normalized spacial score (nSPS) is 10.0. The minimum absolute atomic E-state index is 0.232. The van der Waals surface area contributed by atoms with Gasteiger partial charge in [0.2, 0.25) is 0 Å². The van der Waals surface area contributed by atoms with Crippen LogP contribution in [0.5, 0.6) is 5.75 Å². The highest BCUT2D eigenvalue weighted by Crippen LogP contribution is 2.09. The first-order valence-electron chi connectivity index (χ1n) is 5.47. The van der Waals surface area contributed by atoms with Crippen molar-refractivity contribution in [2.75, 3.05) is 11.9 Å². The molecule has 0 radical (unpaired) electrons. The van der Waals surface area contributed by atoms with Gasteiger partial charge in [-0.25, -0.2) is 4.79 Å². The smallest absolute Gasteiger partial charge is 0.320 e. The zero-order chi connectivity index (χ0) is 12.8. The van der Waals surface area contributed by atoms with Gasteiger partial charge in [0, 0.05) is 12.6 Å². The van der Waals surface area contributed by atoms with Crippen LogP contribution in [0.1, 0.15) is 5.56 Å². The number of amides is 2. The second-order valence-corrected chi connectivity index (χ2v) is 3.68. The summed E-state index contributed by atoms with van der Waals surface area (Å²) in [5, 5.41) is 17.9. The molecule has 6 heteroatoms. The number of nitrogens with one attached hydrogen (secondary N) is 2. The summed E-state index contributed by atoms with van der Waals surface area (Å²) in [4.78, 5) is 11.4. The van der Waals surface area contributed by atoms with Gasteiger partial charge in [-0.05, 0) is 24.1 Å². The van der Waals surface area contributed by atoms with Gasteiger partial charge in [-0.15, -0.1) is 0 Å². The van der Waals surface area contributed by atoms with Crippen LogP contribution in [0.2, 0.25) is 0 Å². The summed E-state index contributed by atoms with van der Waals surface area (Å²) >= 11 is 0. The largest absolute Gasteiger partial charge is 0.508 e. The highest BCUT2D eigenvalue weighted by molar-refractivity contribution is 5.87. The number of phenolic OH excluding ortho intramolecular Hbond substituents is 1. The molecule has 0 spiro atoms. The third-order valence-electron chi connectivity index (χ3n) is 2.31. The molecule has 1 aromatic carbocycles. The Morgan fingerprint density at radius 2 is 2.06 bits per heavy atom. The average molecular weight is 247 g/mol. The van der Waals surface area contributed by atoms with Crippen LogP contribution in [-0.4, -0.2) is 22.8 Å². The molecule has 0 unspecified atom stereocenters. The van der Waals surface area contributed by atoms with Gasteiger partial charge in [0.25, 0.3) is 0 Å². The maximum atomic E-state index is 11.4. The van der Waals surface area contributed by atoms with Gasteiger partial charge < -0.3 is 14.9 Å². The van der Waals surface area contributed by atoms with Crippen LogP contribution < -0.4 is 10.6 Å². The minimum Gasteiger partial charge on any atom is -0.508 e. The highest BCUT2D eigenvalue weighted by Gasteiger charge is 2.02. The zero-order valence-corrected chi connectivity index (χ0v) is 9.59. The molecular formula is C12H13N3O3. The van der Waals surface area contributed by atoms with Crippen LogP contribution in [0.25, 0.3) is 0 Å². The molecule has 2 rings (SSSR count). The van der Waals surface area contributed by atoms with E-state index in [9.17, 15) is 4.79 Å². The summed E-state index contributed by atoms with van der Waals surface area (Å²) in [5.41, 5.74) is 1.04. The van der Waals surface area contributed by atoms with Crippen molar-refractivity contribution in [2.45, 2.75) is 6.42 Å². The van der Waals surface area contributed by atoms with Gasteiger partial charge in [0.05, 0.1) is 0 Å². The summed E-state index contributed by atoms with van der Waals surface area (Å²) in [5.74, 6) is 0.604. The first-order valence-corrected chi connectivity index (χ1v) is 5.47. The molecule has 0 bridgehead atoms. The molecule has 94 valence electrons. The average Bonchev–Trinajstić information content (AvgIpc) is 2.84. The second-order valence-electron chi connectivity index (χ2n) is 3.68. The molecule has 0 saturated carbocycles. The van der Waals surface area contributed by atoms with Crippen LogP contribution in [0.3, 0.4) is 0 Å². The zero-order valence-electron chi connectivity index (χ0n) is 9.59.